The van der Waals surface area contributed by atoms with Gasteiger partial charge in [-0.05, 0) is 51.8 Å². The van der Waals surface area contributed by atoms with Crippen molar-refractivity contribution in [2.24, 2.45) is 0 Å². The Morgan fingerprint density at radius 2 is 2.00 bits per heavy atom. The fourth-order valence-corrected chi connectivity index (χ4v) is 5.64. The fraction of sp³-hybridized carbons (Fsp3) is 0.478. The highest BCUT2D eigenvalue weighted by atomic mass is 32.2. The van der Waals surface area contributed by atoms with Crippen molar-refractivity contribution in [2.45, 2.75) is 59.3 Å². The Labute approximate surface area is 197 Å². The van der Waals surface area contributed by atoms with Crippen molar-refractivity contribution in [3.05, 3.63) is 44.7 Å². The van der Waals surface area contributed by atoms with Crippen LogP contribution in [0.3, 0.4) is 0 Å². The van der Waals surface area contributed by atoms with Crippen LogP contribution >= 0.6 is 24.0 Å². The van der Waals surface area contributed by atoms with Crippen molar-refractivity contribution in [3.63, 3.8) is 0 Å². The number of fused-ring (bicyclic) bond motifs is 1. The Morgan fingerprint density at radius 1 is 1.31 bits per heavy atom. The zero-order valence-electron chi connectivity index (χ0n) is 19.0. The number of thiocarbonyl (C=S) groups is 1. The largest absolute Gasteiger partial charge is 0.372 e. The third-order valence-electron chi connectivity index (χ3n) is 5.91. The first-order chi connectivity index (χ1) is 15.2. The number of nitrogens with zero attached hydrogens (tertiary/aromatic N) is 4. The molecule has 0 radical (unpaired) electrons. The summed E-state index contributed by atoms with van der Waals surface area (Å²) >= 11 is 6.71. The Morgan fingerprint density at radius 3 is 2.66 bits per heavy atom. The molecule has 2 aliphatic rings. The summed E-state index contributed by atoms with van der Waals surface area (Å²) < 4.78 is 7.96. The number of morpholine rings is 1. The molecule has 0 bridgehead atoms. The number of ether oxygens (including phenoxy) is 1. The summed E-state index contributed by atoms with van der Waals surface area (Å²) in [6.07, 6.45) is 4.20. The van der Waals surface area contributed by atoms with Gasteiger partial charge in [0.25, 0.3) is 11.5 Å². The van der Waals surface area contributed by atoms with Crippen molar-refractivity contribution in [2.75, 3.05) is 18.0 Å². The molecular formula is C23H28N4O3S2. The summed E-state index contributed by atoms with van der Waals surface area (Å²) in [5.41, 5.74) is 1.73. The van der Waals surface area contributed by atoms with Crippen LogP contribution < -0.4 is 10.5 Å². The molecule has 0 saturated carbocycles. The highest BCUT2D eigenvalue weighted by Crippen LogP contribution is 2.35. The van der Waals surface area contributed by atoms with E-state index in [4.69, 9.17) is 21.9 Å². The van der Waals surface area contributed by atoms with Crippen LogP contribution in [0.15, 0.2) is 28.0 Å². The lowest BCUT2D eigenvalue weighted by atomic mass is 10.1. The highest BCUT2D eigenvalue weighted by molar-refractivity contribution is 8.26. The van der Waals surface area contributed by atoms with Crippen molar-refractivity contribution >= 4 is 51.7 Å². The van der Waals surface area contributed by atoms with Crippen LogP contribution in [0.5, 0.6) is 0 Å². The maximum atomic E-state index is 13.6. The maximum Gasteiger partial charge on any atom is 0.267 e. The number of thioether (sulfide) groups is 1. The van der Waals surface area contributed by atoms with E-state index in [2.05, 4.69) is 4.90 Å². The van der Waals surface area contributed by atoms with Gasteiger partial charge in [0.1, 0.15) is 15.8 Å². The van der Waals surface area contributed by atoms with Gasteiger partial charge in [-0.1, -0.05) is 37.0 Å². The highest BCUT2D eigenvalue weighted by Gasteiger charge is 2.35. The second-order valence-electron chi connectivity index (χ2n) is 8.51. The van der Waals surface area contributed by atoms with Gasteiger partial charge in [-0.2, -0.15) is 0 Å². The van der Waals surface area contributed by atoms with Gasteiger partial charge in [0.05, 0.1) is 22.7 Å². The second kappa shape index (κ2) is 8.96. The lowest BCUT2D eigenvalue weighted by Gasteiger charge is -2.36. The monoisotopic (exact) mass is 472 g/mol. The van der Waals surface area contributed by atoms with Gasteiger partial charge >= 0.3 is 0 Å². The van der Waals surface area contributed by atoms with Crippen molar-refractivity contribution < 1.29 is 9.53 Å². The van der Waals surface area contributed by atoms with Crippen LogP contribution in [0.2, 0.25) is 0 Å². The Kier molecular flexibility index (Phi) is 6.42. The SMILES string of the molecule is CCC(C)N1C(=O)C(=Cc2c(N3CC(C)OC(C)C3)nc3c(C)cccn3c2=O)SC1=S. The number of pyridine rings is 1. The van der Waals surface area contributed by atoms with E-state index < -0.39 is 0 Å². The number of hydrogen-bond donors (Lipinski definition) is 0. The van der Waals surface area contributed by atoms with Gasteiger partial charge in [0.2, 0.25) is 0 Å². The van der Waals surface area contributed by atoms with Crippen LogP contribution in [0.4, 0.5) is 5.82 Å². The van der Waals surface area contributed by atoms with Crippen molar-refractivity contribution in [1.29, 1.82) is 0 Å². The molecule has 2 aromatic heterocycles. The summed E-state index contributed by atoms with van der Waals surface area (Å²) in [7, 11) is 0. The first-order valence-corrected chi connectivity index (χ1v) is 12.1. The molecule has 9 heteroatoms. The first-order valence-electron chi connectivity index (χ1n) is 10.9. The molecule has 0 aliphatic carbocycles. The van der Waals surface area contributed by atoms with E-state index in [1.165, 1.54) is 11.8 Å². The minimum absolute atomic E-state index is 0.00675. The molecule has 3 unspecified atom stereocenters. The number of carbonyl (C=O) groups is 1. The van der Waals surface area contributed by atoms with Gasteiger partial charge < -0.3 is 9.64 Å². The Hall–Kier alpha value is -2.23. The molecule has 0 aromatic carbocycles. The molecule has 3 atom stereocenters. The summed E-state index contributed by atoms with van der Waals surface area (Å²) in [5.74, 6) is 0.429. The quantitative estimate of drug-likeness (QED) is 0.497. The van der Waals surface area contributed by atoms with Crippen molar-refractivity contribution in [3.8, 4) is 0 Å². The molecule has 32 heavy (non-hydrogen) atoms. The molecule has 2 fully saturated rings. The summed E-state index contributed by atoms with van der Waals surface area (Å²) in [6, 6.07) is 3.77. The van der Waals surface area contributed by atoms with Crippen LogP contribution in [0.25, 0.3) is 11.7 Å². The zero-order valence-corrected chi connectivity index (χ0v) is 20.6. The Bertz CT molecular complexity index is 1170. The van der Waals surface area contributed by atoms with Gasteiger partial charge in [-0.15, -0.1) is 0 Å². The lowest BCUT2D eigenvalue weighted by Crippen LogP contribution is -2.46. The van der Waals surface area contributed by atoms with E-state index in [-0.39, 0.29) is 29.7 Å². The lowest BCUT2D eigenvalue weighted by molar-refractivity contribution is -0.123. The predicted octanol–water partition coefficient (Wildman–Crippen LogP) is 3.62. The fourth-order valence-electron chi connectivity index (χ4n) is 4.19. The van der Waals surface area contributed by atoms with E-state index in [0.717, 1.165) is 12.0 Å². The molecule has 0 spiro atoms. The molecule has 2 aromatic rings. The van der Waals surface area contributed by atoms with Crippen LogP contribution in [0, 0.1) is 6.92 Å². The number of amides is 1. The van der Waals surface area contributed by atoms with Gasteiger partial charge in [0, 0.05) is 25.3 Å². The third kappa shape index (κ3) is 4.09. The van der Waals surface area contributed by atoms with E-state index in [0.29, 0.717) is 39.3 Å². The normalized spacial score (nSPS) is 24.1. The molecule has 1 amide bonds. The minimum Gasteiger partial charge on any atom is -0.372 e. The van der Waals surface area contributed by atoms with Crippen LogP contribution in [-0.2, 0) is 9.53 Å². The number of rotatable bonds is 4. The predicted molar refractivity (Wildman–Crippen MR) is 133 cm³/mol. The average molecular weight is 473 g/mol. The average Bonchev–Trinajstić information content (AvgIpc) is 3.02. The van der Waals surface area contributed by atoms with Gasteiger partial charge in [-0.3, -0.25) is 18.9 Å². The topological polar surface area (TPSA) is 67.2 Å². The third-order valence-corrected chi connectivity index (χ3v) is 7.24. The number of aromatic nitrogens is 2. The summed E-state index contributed by atoms with van der Waals surface area (Å²) in [4.78, 5) is 35.8. The molecule has 4 rings (SSSR count). The molecule has 2 aliphatic heterocycles. The first kappa shape index (κ1) is 22.9. The Balaban J connectivity index is 1.89. The molecular weight excluding hydrogens is 444 g/mol. The summed E-state index contributed by atoms with van der Waals surface area (Å²) in [5, 5.41) is 0. The van der Waals surface area contributed by atoms with Gasteiger partial charge in [0.15, 0.2) is 0 Å². The van der Waals surface area contributed by atoms with Crippen molar-refractivity contribution in [1.82, 2.24) is 14.3 Å². The smallest absolute Gasteiger partial charge is 0.267 e. The number of hydrogen-bond acceptors (Lipinski definition) is 7. The van der Waals surface area contributed by atoms with E-state index in [1.54, 1.807) is 21.6 Å². The maximum absolute atomic E-state index is 13.6. The van der Waals surface area contributed by atoms with Crippen LogP contribution in [0.1, 0.15) is 45.2 Å². The molecule has 2 saturated heterocycles. The molecule has 4 heterocycles. The zero-order chi connectivity index (χ0) is 23.2. The number of carbonyl (C=O) groups excluding carboxylic acids is 1. The molecule has 0 N–H and O–H groups in total. The van der Waals surface area contributed by atoms with Crippen LogP contribution in [-0.4, -0.2) is 55.9 Å². The molecule has 7 nitrogen and oxygen atoms in total. The number of aryl methyl sites for hydroxylation is 1. The molecule has 170 valence electrons. The standard InChI is InChI=1S/C23H28N4O3S2/c1-6-14(3)27-22(29)18(32-23(27)31)10-17-20(25-11-15(4)30-16(5)12-25)24-19-13(2)8-7-9-26(19)21(17)28/h7-10,14-16H,6,11-12H2,1-5H3. The second-order valence-corrected chi connectivity index (χ2v) is 10.2. The minimum atomic E-state index is -0.200. The van der Waals surface area contributed by atoms with Gasteiger partial charge in [-0.25, -0.2) is 4.98 Å². The van der Waals surface area contributed by atoms with E-state index >= 15 is 0 Å². The van der Waals surface area contributed by atoms with E-state index in [1.807, 2.05) is 46.8 Å². The summed E-state index contributed by atoms with van der Waals surface area (Å²) in [6.45, 7) is 11.2. The van der Waals surface area contributed by atoms with E-state index in [9.17, 15) is 9.59 Å². The number of anilines is 1.